The van der Waals surface area contributed by atoms with Gasteiger partial charge in [-0.05, 0) is 25.0 Å². The predicted octanol–water partition coefficient (Wildman–Crippen LogP) is 6.44. The number of benzene rings is 1. The Bertz CT molecular complexity index is 543. The Morgan fingerprint density at radius 2 is 1.27 bits per heavy atom. The van der Waals surface area contributed by atoms with Crippen LogP contribution in [0, 0.1) is 0 Å². The molecule has 0 aliphatic heterocycles. The van der Waals surface area contributed by atoms with Crippen molar-refractivity contribution in [2.75, 3.05) is 0 Å². The van der Waals surface area contributed by atoms with Crippen LogP contribution in [0.4, 0.5) is 0 Å². The molecule has 0 saturated heterocycles. The third-order valence-corrected chi connectivity index (χ3v) is 6.56. The van der Waals surface area contributed by atoms with E-state index < -0.39 is 10.0 Å². The highest BCUT2D eigenvalue weighted by Gasteiger charge is 2.18. The molecule has 1 aromatic rings. The molecule has 0 aromatic heterocycles. The molecule has 0 amide bonds. The van der Waals surface area contributed by atoms with E-state index in [1.165, 1.54) is 64.2 Å². The third-order valence-electron chi connectivity index (χ3n) is 5.02. The fraction of sp³-hybridized carbons (Fsp3) is 0.727. The molecule has 0 bridgehead atoms. The minimum atomic E-state index is -3.39. The lowest BCUT2D eigenvalue weighted by atomic mass is 10.0. The molecular formula is C22H39NO2S. The van der Waals surface area contributed by atoms with Crippen molar-refractivity contribution in [3.63, 3.8) is 0 Å². The van der Waals surface area contributed by atoms with Gasteiger partial charge in [0.2, 0.25) is 10.0 Å². The van der Waals surface area contributed by atoms with E-state index in [0.717, 1.165) is 19.3 Å². The zero-order valence-electron chi connectivity index (χ0n) is 16.9. The van der Waals surface area contributed by atoms with Gasteiger partial charge in [0, 0.05) is 6.04 Å². The van der Waals surface area contributed by atoms with Crippen LogP contribution in [0.5, 0.6) is 0 Å². The van der Waals surface area contributed by atoms with E-state index in [1.807, 2.05) is 6.07 Å². The average Bonchev–Trinajstić information content (AvgIpc) is 2.65. The van der Waals surface area contributed by atoms with Gasteiger partial charge in [0.1, 0.15) is 0 Å². The number of hydrogen-bond donors (Lipinski definition) is 1. The van der Waals surface area contributed by atoms with Gasteiger partial charge in [0.15, 0.2) is 0 Å². The van der Waals surface area contributed by atoms with Crippen molar-refractivity contribution in [2.45, 2.75) is 108 Å². The molecule has 0 heterocycles. The van der Waals surface area contributed by atoms with E-state index >= 15 is 0 Å². The normalized spacial score (nSPS) is 13.0. The van der Waals surface area contributed by atoms with Crippen molar-refractivity contribution in [3.05, 3.63) is 30.3 Å². The van der Waals surface area contributed by atoms with Gasteiger partial charge in [-0.15, -0.1) is 0 Å². The van der Waals surface area contributed by atoms with Crippen LogP contribution in [0.2, 0.25) is 0 Å². The first-order valence-electron chi connectivity index (χ1n) is 10.7. The van der Waals surface area contributed by atoms with Gasteiger partial charge < -0.3 is 0 Å². The molecule has 150 valence electrons. The maximum Gasteiger partial charge on any atom is 0.240 e. The minimum absolute atomic E-state index is 0.0405. The molecule has 0 radical (unpaired) electrons. The standard InChI is InChI=1S/C22H39NO2S/c1-3-5-6-7-8-9-10-11-12-13-15-18-21(4-2)23-26(24,25)22-19-16-14-17-20-22/h14,16-17,19-21,23H,3-13,15,18H2,1-2H3. The molecule has 4 heteroatoms. The summed E-state index contributed by atoms with van der Waals surface area (Å²) in [5.41, 5.74) is 0. The van der Waals surface area contributed by atoms with E-state index in [9.17, 15) is 8.42 Å². The summed E-state index contributed by atoms with van der Waals surface area (Å²) in [5, 5.41) is 0. The average molecular weight is 382 g/mol. The molecule has 26 heavy (non-hydrogen) atoms. The van der Waals surface area contributed by atoms with Crippen molar-refractivity contribution in [2.24, 2.45) is 0 Å². The van der Waals surface area contributed by atoms with Crippen molar-refractivity contribution in [1.29, 1.82) is 0 Å². The Kier molecular flexibility index (Phi) is 12.7. The lowest BCUT2D eigenvalue weighted by Gasteiger charge is -2.17. The number of nitrogens with one attached hydrogen (secondary N) is 1. The zero-order valence-corrected chi connectivity index (χ0v) is 17.7. The van der Waals surface area contributed by atoms with E-state index in [1.54, 1.807) is 24.3 Å². The Balaban J connectivity index is 2.11. The van der Waals surface area contributed by atoms with E-state index in [4.69, 9.17) is 0 Å². The van der Waals surface area contributed by atoms with Crippen LogP contribution in [-0.4, -0.2) is 14.5 Å². The van der Waals surface area contributed by atoms with Crippen LogP contribution in [-0.2, 0) is 10.0 Å². The molecule has 1 atom stereocenters. The topological polar surface area (TPSA) is 46.2 Å². The summed E-state index contributed by atoms with van der Waals surface area (Å²) in [6.07, 6.45) is 16.3. The molecule has 0 saturated carbocycles. The van der Waals surface area contributed by atoms with Gasteiger partial charge in [-0.3, -0.25) is 0 Å². The third kappa shape index (κ3) is 10.3. The van der Waals surface area contributed by atoms with Crippen molar-refractivity contribution in [3.8, 4) is 0 Å². The highest BCUT2D eigenvalue weighted by Crippen LogP contribution is 2.15. The molecule has 0 aliphatic rings. The highest BCUT2D eigenvalue weighted by atomic mass is 32.2. The highest BCUT2D eigenvalue weighted by molar-refractivity contribution is 7.89. The predicted molar refractivity (Wildman–Crippen MR) is 112 cm³/mol. The lowest BCUT2D eigenvalue weighted by molar-refractivity contribution is 0.482. The number of rotatable bonds is 16. The van der Waals surface area contributed by atoms with Gasteiger partial charge in [-0.1, -0.05) is 103 Å². The first-order valence-corrected chi connectivity index (χ1v) is 12.2. The monoisotopic (exact) mass is 381 g/mol. The summed E-state index contributed by atoms with van der Waals surface area (Å²) in [6.45, 7) is 4.31. The van der Waals surface area contributed by atoms with E-state index in [-0.39, 0.29) is 6.04 Å². The fourth-order valence-electron chi connectivity index (χ4n) is 3.29. The summed E-state index contributed by atoms with van der Waals surface area (Å²) in [5.74, 6) is 0. The van der Waals surface area contributed by atoms with Crippen LogP contribution >= 0.6 is 0 Å². The maximum absolute atomic E-state index is 12.4. The van der Waals surface area contributed by atoms with Gasteiger partial charge in [0.05, 0.1) is 4.90 Å². The first-order chi connectivity index (χ1) is 12.6. The molecule has 0 fully saturated rings. The summed E-state index contributed by atoms with van der Waals surface area (Å²) < 4.78 is 27.7. The Morgan fingerprint density at radius 1 is 0.769 bits per heavy atom. The molecule has 1 rings (SSSR count). The number of sulfonamides is 1. The van der Waals surface area contributed by atoms with Crippen molar-refractivity contribution < 1.29 is 8.42 Å². The summed E-state index contributed by atoms with van der Waals surface area (Å²) >= 11 is 0. The van der Waals surface area contributed by atoms with Gasteiger partial charge in [-0.25, -0.2) is 13.1 Å². The number of hydrogen-bond acceptors (Lipinski definition) is 2. The summed E-state index contributed by atoms with van der Waals surface area (Å²) in [4.78, 5) is 0.359. The SMILES string of the molecule is CCCCCCCCCCCCCC(CC)NS(=O)(=O)c1ccccc1. The second kappa shape index (κ2) is 14.2. The van der Waals surface area contributed by atoms with Crippen LogP contribution in [0.1, 0.15) is 97.3 Å². The molecule has 1 aromatic carbocycles. The first kappa shape index (κ1) is 23.2. The molecule has 3 nitrogen and oxygen atoms in total. The largest absolute Gasteiger partial charge is 0.240 e. The molecule has 1 unspecified atom stereocenters. The molecule has 0 spiro atoms. The Hall–Kier alpha value is -0.870. The lowest BCUT2D eigenvalue weighted by Crippen LogP contribution is -2.34. The van der Waals surface area contributed by atoms with Gasteiger partial charge in [0.25, 0.3) is 0 Å². The number of unbranched alkanes of at least 4 members (excludes halogenated alkanes) is 10. The van der Waals surface area contributed by atoms with Gasteiger partial charge >= 0.3 is 0 Å². The second-order valence-electron chi connectivity index (χ2n) is 7.36. The summed E-state index contributed by atoms with van der Waals surface area (Å²) in [6, 6.07) is 8.70. The Morgan fingerprint density at radius 3 is 1.77 bits per heavy atom. The van der Waals surface area contributed by atoms with E-state index in [2.05, 4.69) is 18.6 Å². The van der Waals surface area contributed by atoms with Gasteiger partial charge in [-0.2, -0.15) is 0 Å². The quantitative estimate of drug-likeness (QED) is 0.335. The van der Waals surface area contributed by atoms with Crippen LogP contribution in [0.15, 0.2) is 35.2 Å². The van der Waals surface area contributed by atoms with Crippen LogP contribution < -0.4 is 4.72 Å². The van der Waals surface area contributed by atoms with Crippen molar-refractivity contribution >= 4 is 10.0 Å². The molecule has 0 aliphatic carbocycles. The van der Waals surface area contributed by atoms with Crippen molar-refractivity contribution in [1.82, 2.24) is 4.72 Å². The Labute approximate surface area is 162 Å². The smallest absolute Gasteiger partial charge is 0.208 e. The minimum Gasteiger partial charge on any atom is -0.208 e. The fourth-order valence-corrected chi connectivity index (χ4v) is 4.66. The molecular weight excluding hydrogens is 342 g/mol. The summed E-state index contributed by atoms with van der Waals surface area (Å²) in [7, 11) is -3.39. The van der Waals surface area contributed by atoms with E-state index in [0.29, 0.717) is 4.90 Å². The molecule has 1 N–H and O–H groups in total. The van der Waals surface area contributed by atoms with Crippen LogP contribution in [0.3, 0.4) is 0 Å². The van der Waals surface area contributed by atoms with Crippen LogP contribution in [0.25, 0.3) is 0 Å². The second-order valence-corrected chi connectivity index (χ2v) is 9.08. The maximum atomic E-state index is 12.4. The zero-order chi connectivity index (χ0) is 19.1.